The van der Waals surface area contributed by atoms with Gasteiger partial charge in [-0.1, -0.05) is 6.07 Å². The molecule has 18 heavy (non-hydrogen) atoms. The maximum atomic E-state index is 12.8. The molecule has 0 radical (unpaired) electrons. The minimum Gasteiger partial charge on any atom is -0.392 e. The van der Waals surface area contributed by atoms with Crippen molar-refractivity contribution in [2.24, 2.45) is 0 Å². The van der Waals surface area contributed by atoms with Gasteiger partial charge in [0.2, 0.25) is 0 Å². The monoisotopic (exact) mass is 279 g/mol. The van der Waals surface area contributed by atoms with Crippen LogP contribution in [-0.4, -0.2) is 30.7 Å². The van der Waals surface area contributed by atoms with Gasteiger partial charge >= 0.3 is 6.18 Å². The molecule has 1 aromatic rings. The van der Waals surface area contributed by atoms with Gasteiger partial charge in [0.1, 0.15) is 0 Å². The molecule has 0 atom stereocenters. The van der Waals surface area contributed by atoms with E-state index in [1.807, 2.05) is 6.26 Å². The molecule has 0 saturated heterocycles. The smallest absolute Gasteiger partial charge is 0.392 e. The predicted octanol–water partition coefficient (Wildman–Crippen LogP) is 3.00. The van der Waals surface area contributed by atoms with Crippen LogP contribution in [0.15, 0.2) is 18.2 Å². The number of thioether (sulfide) groups is 1. The number of benzene rings is 1. The molecule has 0 aliphatic heterocycles. The lowest BCUT2D eigenvalue weighted by molar-refractivity contribution is -0.138. The average molecular weight is 279 g/mol. The lowest BCUT2D eigenvalue weighted by atomic mass is 10.1. The van der Waals surface area contributed by atoms with E-state index in [-0.39, 0.29) is 5.56 Å². The van der Waals surface area contributed by atoms with Crippen LogP contribution in [0.1, 0.15) is 11.1 Å². The van der Waals surface area contributed by atoms with Gasteiger partial charge in [0.25, 0.3) is 0 Å². The largest absolute Gasteiger partial charge is 0.416 e. The zero-order valence-corrected chi connectivity index (χ0v) is 11.1. The number of rotatable bonds is 5. The Labute approximate surface area is 109 Å². The molecular formula is C12H16F3NOS. The van der Waals surface area contributed by atoms with Gasteiger partial charge in [0.15, 0.2) is 0 Å². The molecule has 0 spiro atoms. The molecule has 6 heteroatoms. The number of nitrogens with zero attached hydrogens (tertiary/aromatic N) is 1. The molecule has 1 rings (SSSR count). The fourth-order valence-corrected chi connectivity index (χ4v) is 2.02. The van der Waals surface area contributed by atoms with Gasteiger partial charge in [0, 0.05) is 25.0 Å². The first-order valence-corrected chi connectivity index (χ1v) is 6.80. The lowest BCUT2D eigenvalue weighted by Gasteiger charge is -2.21. The Morgan fingerprint density at radius 2 is 2.00 bits per heavy atom. The third-order valence-corrected chi connectivity index (χ3v) is 3.23. The van der Waals surface area contributed by atoms with Crippen molar-refractivity contribution in [3.8, 4) is 0 Å². The highest BCUT2D eigenvalue weighted by Crippen LogP contribution is 2.34. The second-order valence-corrected chi connectivity index (χ2v) is 4.90. The quantitative estimate of drug-likeness (QED) is 0.896. The summed E-state index contributed by atoms with van der Waals surface area (Å²) in [6.07, 6.45) is -2.49. The van der Waals surface area contributed by atoms with E-state index >= 15 is 0 Å². The normalized spacial score (nSPS) is 11.7. The number of aliphatic hydroxyl groups excluding tert-OH is 1. The number of hydrogen-bond acceptors (Lipinski definition) is 3. The number of alkyl halides is 3. The molecule has 102 valence electrons. The maximum Gasteiger partial charge on any atom is 0.416 e. The fraction of sp³-hybridized carbons (Fsp3) is 0.500. The van der Waals surface area contributed by atoms with E-state index < -0.39 is 18.3 Å². The third-order valence-electron chi connectivity index (χ3n) is 2.64. The van der Waals surface area contributed by atoms with Crippen molar-refractivity contribution in [1.29, 1.82) is 0 Å². The third kappa shape index (κ3) is 3.81. The highest BCUT2D eigenvalue weighted by Gasteiger charge is 2.33. The molecule has 0 fully saturated rings. The Bertz CT molecular complexity index is 395. The number of hydrogen-bond donors (Lipinski definition) is 1. The van der Waals surface area contributed by atoms with Crippen LogP contribution in [0.3, 0.4) is 0 Å². The van der Waals surface area contributed by atoms with Gasteiger partial charge in [-0.15, -0.1) is 0 Å². The van der Waals surface area contributed by atoms with Crippen molar-refractivity contribution in [3.05, 3.63) is 29.3 Å². The molecule has 0 aliphatic carbocycles. The van der Waals surface area contributed by atoms with E-state index in [0.29, 0.717) is 12.2 Å². The number of halogens is 3. The first-order chi connectivity index (χ1) is 8.40. The topological polar surface area (TPSA) is 23.5 Å². The average Bonchev–Trinajstić information content (AvgIpc) is 2.34. The molecule has 0 amide bonds. The Morgan fingerprint density at radius 3 is 2.50 bits per heavy atom. The number of anilines is 1. The van der Waals surface area contributed by atoms with E-state index in [4.69, 9.17) is 5.11 Å². The van der Waals surface area contributed by atoms with Crippen molar-refractivity contribution in [2.45, 2.75) is 12.8 Å². The van der Waals surface area contributed by atoms with Crippen molar-refractivity contribution in [3.63, 3.8) is 0 Å². The molecular weight excluding hydrogens is 263 g/mol. The summed E-state index contributed by atoms with van der Waals surface area (Å²) in [6, 6.07) is 4.01. The minimum absolute atomic E-state index is 0.0930. The minimum atomic E-state index is -4.44. The SMILES string of the molecule is CSCCN(C)c1ccc(CO)c(C(F)(F)F)c1. The van der Waals surface area contributed by atoms with E-state index in [2.05, 4.69) is 0 Å². The summed E-state index contributed by atoms with van der Waals surface area (Å²) in [7, 11) is 1.75. The molecule has 0 aliphatic rings. The Balaban J connectivity index is 3.03. The van der Waals surface area contributed by atoms with Crippen molar-refractivity contribution in [1.82, 2.24) is 0 Å². The van der Waals surface area contributed by atoms with Crippen molar-refractivity contribution >= 4 is 17.4 Å². The molecule has 0 heterocycles. The molecule has 2 nitrogen and oxygen atoms in total. The maximum absolute atomic E-state index is 12.8. The van der Waals surface area contributed by atoms with Crippen LogP contribution >= 0.6 is 11.8 Å². The highest BCUT2D eigenvalue weighted by atomic mass is 32.2. The van der Waals surface area contributed by atoms with Crippen LogP contribution in [-0.2, 0) is 12.8 Å². The standard InChI is InChI=1S/C12H16F3NOS/c1-16(5-6-18-2)10-4-3-9(8-17)11(7-10)12(13,14)15/h3-4,7,17H,5-6,8H2,1-2H3. The van der Waals surface area contributed by atoms with E-state index in [1.165, 1.54) is 6.07 Å². The summed E-state index contributed by atoms with van der Waals surface area (Å²) in [6.45, 7) is 0.0700. The van der Waals surface area contributed by atoms with Crippen LogP contribution in [0.5, 0.6) is 0 Å². The predicted molar refractivity (Wildman–Crippen MR) is 69.0 cm³/mol. The summed E-state index contributed by atoms with van der Waals surface area (Å²) in [4.78, 5) is 1.77. The zero-order valence-electron chi connectivity index (χ0n) is 10.3. The molecule has 1 aromatic carbocycles. The van der Waals surface area contributed by atoms with Crippen LogP contribution in [0.25, 0.3) is 0 Å². The van der Waals surface area contributed by atoms with Gasteiger partial charge in [-0.2, -0.15) is 24.9 Å². The van der Waals surface area contributed by atoms with Crippen molar-refractivity contribution < 1.29 is 18.3 Å². The second-order valence-electron chi connectivity index (χ2n) is 3.91. The summed E-state index contributed by atoms with van der Waals surface area (Å²) in [5.41, 5.74) is -0.350. The molecule has 0 saturated carbocycles. The first-order valence-electron chi connectivity index (χ1n) is 5.41. The highest BCUT2D eigenvalue weighted by molar-refractivity contribution is 7.98. The van der Waals surface area contributed by atoms with E-state index in [0.717, 1.165) is 11.8 Å². The van der Waals surface area contributed by atoms with Gasteiger partial charge in [-0.3, -0.25) is 0 Å². The Morgan fingerprint density at radius 1 is 1.33 bits per heavy atom. The molecule has 0 unspecified atom stereocenters. The molecule has 0 aromatic heterocycles. The zero-order chi connectivity index (χ0) is 13.8. The Kier molecular flexibility index (Phi) is 5.34. The van der Waals surface area contributed by atoms with Gasteiger partial charge < -0.3 is 10.0 Å². The van der Waals surface area contributed by atoms with E-state index in [1.54, 1.807) is 29.8 Å². The number of aliphatic hydroxyl groups is 1. The van der Waals surface area contributed by atoms with Gasteiger partial charge in [-0.25, -0.2) is 0 Å². The van der Waals surface area contributed by atoms with Crippen LogP contribution in [0.4, 0.5) is 18.9 Å². The summed E-state index contributed by atoms with van der Waals surface area (Å²) in [5, 5.41) is 8.94. The summed E-state index contributed by atoms with van der Waals surface area (Å²) in [5.74, 6) is 0.847. The van der Waals surface area contributed by atoms with Gasteiger partial charge in [-0.05, 0) is 24.0 Å². The van der Waals surface area contributed by atoms with Crippen LogP contribution < -0.4 is 4.90 Å². The van der Waals surface area contributed by atoms with Crippen LogP contribution in [0, 0.1) is 0 Å². The van der Waals surface area contributed by atoms with Crippen LogP contribution in [0.2, 0.25) is 0 Å². The van der Waals surface area contributed by atoms with E-state index in [9.17, 15) is 13.2 Å². The Hall–Kier alpha value is -0.880. The fourth-order valence-electron chi connectivity index (χ4n) is 1.56. The summed E-state index contributed by atoms with van der Waals surface area (Å²) < 4.78 is 38.4. The second kappa shape index (κ2) is 6.33. The summed E-state index contributed by atoms with van der Waals surface area (Å²) >= 11 is 1.64. The van der Waals surface area contributed by atoms with Gasteiger partial charge in [0.05, 0.1) is 12.2 Å². The first kappa shape index (κ1) is 15.2. The lowest BCUT2D eigenvalue weighted by Crippen LogP contribution is -2.21. The molecule has 1 N–H and O–H groups in total. The van der Waals surface area contributed by atoms with Crippen molar-refractivity contribution in [2.75, 3.05) is 30.5 Å². The molecule has 0 bridgehead atoms.